The quantitative estimate of drug-likeness (QED) is 0.635. The second-order valence-electron chi connectivity index (χ2n) is 6.10. The van der Waals surface area contributed by atoms with Crippen LogP contribution < -0.4 is 4.74 Å². The maximum atomic E-state index is 5.99. The highest BCUT2D eigenvalue weighted by Gasteiger charge is 2.08. The van der Waals surface area contributed by atoms with Gasteiger partial charge in [-0.2, -0.15) is 0 Å². The maximum Gasteiger partial charge on any atom is 0.122 e. The number of aromatic nitrogens is 1. The van der Waals surface area contributed by atoms with Crippen LogP contribution in [-0.4, -0.2) is 4.57 Å². The first-order valence-electron chi connectivity index (χ1n) is 7.69. The van der Waals surface area contributed by atoms with E-state index >= 15 is 0 Å². The van der Waals surface area contributed by atoms with Crippen LogP contribution in [0.25, 0.3) is 10.9 Å². The molecule has 0 spiro atoms. The first-order valence-corrected chi connectivity index (χ1v) is 7.69. The molecule has 2 heteroatoms. The fourth-order valence-electron chi connectivity index (χ4n) is 2.75. The van der Waals surface area contributed by atoms with Gasteiger partial charge in [-0.05, 0) is 36.1 Å². The molecule has 3 aromatic rings. The number of aryl methyl sites for hydroxylation is 1. The van der Waals surface area contributed by atoms with Crippen molar-refractivity contribution in [3.8, 4) is 5.75 Å². The molecule has 0 atom stereocenters. The van der Waals surface area contributed by atoms with Crippen LogP contribution in [0.2, 0.25) is 0 Å². The van der Waals surface area contributed by atoms with Crippen LogP contribution in [0, 0.1) is 12.8 Å². The highest BCUT2D eigenvalue weighted by atomic mass is 16.5. The summed E-state index contributed by atoms with van der Waals surface area (Å²) in [5.41, 5.74) is 3.69. The molecule has 0 saturated heterocycles. The number of hydrogen-bond donors (Lipinski definition) is 0. The van der Waals surface area contributed by atoms with Crippen LogP contribution in [0.5, 0.6) is 5.75 Å². The average Bonchev–Trinajstić information content (AvgIpc) is 2.89. The van der Waals surface area contributed by atoms with Gasteiger partial charge in [0.25, 0.3) is 0 Å². The van der Waals surface area contributed by atoms with E-state index in [1.165, 1.54) is 27.9 Å². The first-order chi connectivity index (χ1) is 10.6. The van der Waals surface area contributed by atoms with Gasteiger partial charge in [-0.1, -0.05) is 44.2 Å². The summed E-state index contributed by atoms with van der Waals surface area (Å²) in [5, 5.41) is 1.30. The Morgan fingerprint density at radius 1 is 1.05 bits per heavy atom. The maximum absolute atomic E-state index is 5.99. The third-order valence-electron chi connectivity index (χ3n) is 3.80. The Morgan fingerprint density at radius 3 is 2.55 bits per heavy atom. The van der Waals surface area contributed by atoms with Crippen molar-refractivity contribution in [1.82, 2.24) is 4.57 Å². The van der Waals surface area contributed by atoms with Crippen molar-refractivity contribution < 1.29 is 4.74 Å². The van der Waals surface area contributed by atoms with Crippen molar-refractivity contribution in [2.24, 2.45) is 0 Å². The summed E-state index contributed by atoms with van der Waals surface area (Å²) in [7, 11) is 0. The summed E-state index contributed by atoms with van der Waals surface area (Å²) in [5.74, 6) is 2.33. The van der Waals surface area contributed by atoms with Crippen molar-refractivity contribution in [2.75, 3.05) is 0 Å². The Bertz CT molecular complexity index is 756. The summed E-state index contributed by atoms with van der Waals surface area (Å²) < 4.78 is 8.27. The van der Waals surface area contributed by atoms with E-state index in [2.05, 4.69) is 61.9 Å². The lowest BCUT2D eigenvalue weighted by molar-refractivity contribution is 0.306. The molecule has 0 aliphatic rings. The third-order valence-corrected chi connectivity index (χ3v) is 3.80. The minimum Gasteiger partial charge on any atom is -0.489 e. The van der Waals surface area contributed by atoms with Crippen LogP contribution in [0.1, 0.15) is 25.0 Å². The van der Waals surface area contributed by atoms with Gasteiger partial charge < -0.3 is 9.30 Å². The summed E-state index contributed by atoms with van der Waals surface area (Å²) in [6.45, 7) is 8.02. The molecule has 0 fully saturated rings. The summed E-state index contributed by atoms with van der Waals surface area (Å²) in [6.07, 6.45) is 2.16. The highest BCUT2D eigenvalue weighted by molar-refractivity contribution is 5.85. The van der Waals surface area contributed by atoms with E-state index in [9.17, 15) is 0 Å². The zero-order valence-corrected chi connectivity index (χ0v) is 13.5. The average molecular weight is 292 g/mol. The minimum atomic E-state index is 0.603. The van der Waals surface area contributed by atoms with Crippen molar-refractivity contribution in [3.05, 3.63) is 71.8 Å². The SMILES string of the molecule is C[C](C)Cn1ccc2c(C)cc(OCc3ccccc3)cc21. The number of nitrogens with zero attached hydrogens (tertiary/aromatic N) is 1. The van der Waals surface area contributed by atoms with Crippen LogP contribution in [-0.2, 0) is 13.2 Å². The van der Waals surface area contributed by atoms with Gasteiger partial charge in [0, 0.05) is 24.2 Å². The molecule has 0 aliphatic carbocycles. The van der Waals surface area contributed by atoms with Gasteiger partial charge in [0.2, 0.25) is 0 Å². The number of benzene rings is 2. The predicted octanol–water partition coefficient (Wildman–Crippen LogP) is 5.14. The summed E-state index contributed by atoms with van der Waals surface area (Å²) >= 11 is 0. The minimum absolute atomic E-state index is 0.603. The highest BCUT2D eigenvalue weighted by Crippen LogP contribution is 2.27. The second kappa shape index (κ2) is 6.27. The molecule has 1 radical (unpaired) electrons. The van der Waals surface area contributed by atoms with Crippen molar-refractivity contribution in [2.45, 2.75) is 33.9 Å². The van der Waals surface area contributed by atoms with Gasteiger partial charge in [0.1, 0.15) is 12.4 Å². The zero-order valence-electron chi connectivity index (χ0n) is 13.5. The molecule has 0 bridgehead atoms. The Kier molecular flexibility index (Phi) is 4.19. The number of rotatable bonds is 5. The molecule has 1 aromatic heterocycles. The van der Waals surface area contributed by atoms with Gasteiger partial charge in [-0.3, -0.25) is 0 Å². The van der Waals surface area contributed by atoms with Crippen LogP contribution >= 0.6 is 0 Å². The number of fused-ring (bicyclic) bond motifs is 1. The Labute approximate surface area is 132 Å². The van der Waals surface area contributed by atoms with E-state index in [0.29, 0.717) is 6.61 Å². The zero-order chi connectivity index (χ0) is 15.5. The molecule has 0 amide bonds. The van der Waals surface area contributed by atoms with Crippen molar-refractivity contribution in [3.63, 3.8) is 0 Å². The smallest absolute Gasteiger partial charge is 0.122 e. The van der Waals surface area contributed by atoms with Crippen LogP contribution in [0.3, 0.4) is 0 Å². The van der Waals surface area contributed by atoms with E-state index < -0.39 is 0 Å². The Hall–Kier alpha value is -2.22. The molecule has 3 rings (SSSR count). The van der Waals surface area contributed by atoms with Gasteiger partial charge in [-0.25, -0.2) is 0 Å². The van der Waals surface area contributed by atoms with Crippen LogP contribution in [0.4, 0.5) is 0 Å². The van der Waals surface area contributed by atoms with E-state index in [-0.39, 0.29) is 0 Å². The van der Waals surface area contributed by atoms with Gasteiger partial charge >= 0.3 is 0 Å². The van der Waals surface area contributed by atoms with Crippen molar-refractivity contribution >= 4 is 10.9 Å². The molecule has 0 aliphatic heterocycles. The fourth-order valence-corrected chi connectivity index (χ4v) is 2.75. The first kappa shape index (κ1) is 14.7. The largest absolute Gasteiger partial charge is 0.489 e. The lowest BCUT2D eigenvalue weighted by atomic mass is 10.1. The third kappa shape index (κ3) is 3.16. The lowest BCUT2D eigenvalue weighted by Gasteiger charge is -2.11. The van der Waals surface area contributed by atoms with E-state index in [1.807, 2.05) is 18.2 Å². The molecule has 1 heterocycles. The topological polar surface area (TPSA) is 14.2 Å². The Balaban J connectivity index is 1.87. The molecule has 113 valence electrons. The molecule has 0 N–H and O–H groups in total. The predicted molar refractivity (Wildman–Crippen MR) is 92.0 cm³/mol. The van der Waals surface area contributed by atoms with E-state index in [4.69, 9.17) is 4.74 Å². The molecule has 22 heavy (non-hydrogen) atoms. The number of hydrogen-bond acceptors (Lipinski definition) is 1. The standard InChI is InChI=1S/C20H22NO/c1-15(2)13-21-10-9-19-16(3)11-18(12-20(19)21)22-14-17-7-5-4-6-8-17/h4-12H,13-14H2,1-3H3. The monoisotopic (exact) mass is 292 g/mol. The Morgan fingerprint density at radius 2 is 1.82 bits per heavy atom. The fraction of sp³-hybridized carbons (Fsp3) is 0.250. The van der Waals surface area contributed by atoms with Crippen LogP contribution in [0.15, 0.2) is 54.7 Å². The van der Waals surface area contributed by atoms with E-state index in [1.54, 1.807) is 0 Å². The molecular formula is C20H22NO. The lowest BCUT2D eigenvalue weighted by Crippen LogP contribution is -2.01. The molecular weight excluding hydrogens is 270 g/mol. The molecule has 0 saturated carbocycles. The van der Waals surface area contributed by atoms with E-state index in [0.717, 1.165) is 12.3 Å². The molecule has 2 nitrogen and oxygen atoms in total. The van der Waals surface area contributed by atoms with Gasteiger partial charge in [-0.15, -0.1) is 0 Å². The number of ether oxygens (including phenoxy) is 1. The molecule has 0 unspecified atom stereocenters. The summed E-state index contributed by atoms with van der Waals surface area (Å²) in [4.78, 5) is 0. The normalized spacial score (nSPS) is 11.3. The van der Waals surface area contributed by atoms with Gasteiger partial charge in [0.15, 0.2) is 0 Å². The van der Waals surface area contributed by atoms with Gasteiger partial charge in [0.05, 0.1) is 5.52 Å². The summed E-state index contributed by atoms with van der Waals surface area (Å²) in [6, 6.07) is 16.7. The second-order valence-corrected chi connectivity index (χ2v) is 6.10. The molecule has 2 aromatic carbocycles. The van der Waals surface area contributed by atoms with Crippen molar-refractivity contribution in [1.29, 1.82) is 0 Å².